The lowest BCUT2D eigenvalue weighted by Gasteiger charge is -2.40. The zero-order valence-electron chi connectivity index (χ0n) is 11.2. The van der Waals surface area contributed by atoms with Gasteiger partial charge in [-0.2, -0.15) is 74.6 Å². The van der Waals surface area contributed by atoms with E-state index in [1.54, 1.807) is 0 Å². The van der Waals surface area contributed by atoms with Crippen LogP contribution in [-0.2, 0) is 4.74 Å². The maximum absolute atomic E-state index is 12.9. The van der Waals surface area contributed by atoms with Crippen molar-refractivity contribution in [2.75, 3.05) is 0 Å². The second-order valence-corrected chi connectivity index (χ2v) is 4.90. The molecule has 0 saturated heterocycles. The summed E-state index contributed by atoms with van der Waals surface area (Å²) in [5.74, 6) is -32.6. The Kier molecular flexibility index (Phi) is 6.06. The molecule has 0 radical (unpaired) electrons. The van der Waals surface area contributed by atoms with Crippen molar-refractivity contribution in [3.05, 3.63) is 0 Å². The van der Waals surface area contributed by atoms with Gasteiger partial charge in [0.1, 0.15) is 0 Å². The Labute approximate surface area is 140 Å². The first kappa shape index (κ1) is 26.1. The molecule has 1 nitrogen and oxygen atoms in total. The van der Waals surface area contributed by atoms with Gasteiger partial charge in [-0.05, 0) is 11.6 Å². The molecule has 0 aliphatic heterocycles. The molecule has 19 heteroatoms. The average Bonchev–Trinajstić information content (AvgIpc) is 2.33. The van der Waals surface area contributed by atoms with Crippen LogP contribution in [0.4, 0.5) is 74.6 Å². The van der Waals surface area contributed by atoms with E-state index in [2.05, 4.69) is 11.6 Å². The smallest absolute Gasteiger partial charge is 0.243 e. The number of halogens is 18. The van der Waals surface area contributed by atoms with Crippen LogP contribution < -0.4 is 0 Å². The molecule has 0 atom stereocenters. The fourth-order valence-corrected chi connectivity index (χ4v) is 1.16. The van der Waals surface area contributed by atoms with Gasteiger partial charge in [-0.1, -0.05) is 0 Å². The van der Waals surface area contributed by atoms with Crippen LogP contribution in [0.5, 0.6) is 0 Å². The normalized spacial score (nSPS) is 16.7. The van der Waals surface area contributed by atoms with Gasteiger partial charge in [0, 0.05) is 0 Å². The van der Waals surface area contributed by atoms with Gasteiger partial charge in [0.05, 0.1) is 0 Å². The highest BCUT2D eigenvalue weighted by Gasteiger charge is 2.91. The van der Waals surface area contributed by atoms with Crippen molar-refractivity contribution in [2.24, 2.45) is 0 Å². The first-order valence-corrected chi connectivity index (χ1v) is 5.69. The van der Waals surface area contributed by atoms with Crippen molar-refractivity contribution in [2.45, 2.75) is 47.5 Å². The lowest BCUT2D eigenvalue weighted by atomic mass is 9.97. The van der Waals surface area contributed by atoms with Gasteiger partial charge >= 0.3 is 47.5 Å². The molecule has 0 saturated carbocycles. The van der Waals surface area contributed by atoms with Crippen LogP contribution in [-0.4, -0.2) is 47.5 Å². The molecule has 0 rings (SSSR count). The van der Waals surface area contributed by atoms with Crippen molar-refractivity contribution in [1.29, 1.82) is 0 Å². The second-order valence-electron chi connectivity index (χ2n) is 4.43. The van der Waals surface area contributed by atoms with Gasteiger partial charge < -0.3 is 0 Å². The Hall–Kier alpha value is -0.940. The SMILES string of the molecule is FC(F)(F)C(F)(F)OC(F)(F)C(F)(F)C(F)(F)C(F)(F)C(F)(F)C(F)(F)Cl. The highest BCUT2D eigenvalue weighted by atomic mass is 35.5. The Morgan fingerprint density at radius 2 is 0.704 bits per heavy atom. The first-order valence-electron chi connectivity index (χ1n) is 5.31. The van der Waals surface area contributed by atoms with E-state index in [9.17, 15) is 74.6 Å². The highest BCUT2D eigenvalue weighted by Crippen LogP contribution is 2.61. The lowest BCUT2D eigenvalue weighted by molar-refractivity contribution is -0.515. The van der Waals surface area contributed by atoms with Crippen molar-refractivity contribution < 1.29 is 79.4 Å². The molecule has 0 spiro atoms. The third-order valence-corrected chi connectivity index (χ3v) is 2.73. The molecule has 0 unspecified atom stereocenters. The molecule has 27 heavy (non-hydrogen) atoms. The zero-order valence-corrected chi connectivity index (χ0v) is 12.0. The van der Waals surface area contributed by atoms with Crippen LogP contribution in [0.2, 0.25) is 0 Å². The Bertz CT molecular complexity index is 542. The first-order chi connectivity index (χ1) is 11.2. The number of ether oxygens (including phenoxy) is 1. The topological polar surface area (TPSA) is 9.23 Å². The molecule has 0 aliphatic carbocycles. The standard InChI is InChI=1S/C8ClF17O/c9-5(18,19)3(14,15)1(10,11)2(12,13)4(16,17)7(23,24)27-8(25,26)6(20,21)22. The maximum atomic E-state index is 12.9. The number of rotatable bonds is 7. The molecule has 0 amide bonds. The average molecular weight is 471 g/mol. The number of alkyl halides is 18. The molecule has 0 bridgehead atoms. The summed E-state index contributed by atoms with van der Waals surface area (Å²) < 4.78 is 212. The molecule has 164 valence electrons. The van der Waals surface area contributed by atoms with Gasteiger partial charge in [0.25, 0.3) is 0 Å². The number of hydrogen-bond donors (Lipinski definition) is 0. The van der Waals surface area contributed by atoms with Crippen LogP contribution >= 0.6 is 11.6 Å². The Balaban J connectivity index is 6.32. The minimum atomic E-state index is -8.40. The van der Waals surface area contributed by atoms with E-state index in [0.29, 0.717) is 0 Å². The third kappa shape index (κ3) is 3.82. The van der Waals surface area contributed by atoms with E-state index in [-0.39, 0.29) is 0 Å². The van der Waals surface area contributed by atoms with E-state index < -0.39 is 47.5 Å². The molecule has 0 fully saturated rings. The van der Waals surface area contributed by atoms with E-state index in [4.69, 9.17) is 0 Å². The molecule has 0 aromatic carbocycles. The van der Waals surface area contributed by atoms with Crippen molar-refractivity contribution in [1.82, 2.24) is 0 Å². The zero-order chi connectivity index (χ0) is 22.7. The van der Waals surface area contributed by atoms with Gasteiger partial charge in [-0.3, -0.25) is 0 Å². The molecular formula is C8ClF17O. The molecule has 0 aliphatic rings. The minimum Gasteiger partial charge on any atom is -0.243 e. The summed E-state index contributed by atoms with van der Waals surface area (Å²) in [5, 5.41) is -6.79. The van der Waals surface area contributed by atoms with Crippen molar-refractivity contribution in [3.8, 4) is 0 Å². The largest absolute Gasteiger partial charge is 0.483 e. The predicted molar refractivity (Wildman–Crippen MR) is 47.6 cm³/mol. The molecular weight excluding hydrogens is 471 g/mol. The summed E-state index contributed by atoms with van der Waals surface area (Å²) in [6, 6.07) is 0. The van der Waals surface area contributed by atoms with E-state index in [1.807, 2.05) is 0 Å². The molecule has 0 aromatic rings. The fraction of sp³-hybridized carbons (Fsp3) is 1.00. The monoisotopic (exact) mass is 470 g/mol. The van der Waals surface area contributed by atoms with Crippen LogP contribution in [0.25, 0.3) is 0 Å². The number of hydrogen-bond acceptors (Lipinski definition) is 1. The van der Waals surface area contributed by atoms with Gasteiger partial charge in [0.15, 0.2) is 0 Å². The van der Waals surface area contributed by atoms with E-state index in [0.717, 1.165) is 4.74 Å². The quantitative estimate of drug-likeness (QED) is 0.322. The van der Waals surface area contributed by atoms with Crippen LogP contribution in [0, 0.1) is 0 Å². The van der Waals surface area contributed by atoms with E-state index in [1.165, 1.54) is 0 Å². The van der Waals surface area contributed by atoms with Crippen molar-refractivity contribution in [3.63, 3.8) is 0 Å². The van der Waals surface area contributed by atoms with Gasteiger partial charge in [-0.15, -0.1) is 0 Å². The van der Waals surface area contributed by atoms with Crippen molar-refractivity contribution >= 4 is 11.6 Å². The summed E-state index contributed by atoms with van der Waals surface area (Å²) in [6.07, 6.45) is -22.6. The van der Waals surface area contributed by atoms with Gasteiger partial charge in [-0.25, -0.2) is 4.74 Å². The highest BCUT2D eigenvalue weighted by molar-refractivity contribution is 6.22. The third-order valence-electron chi connectivity index (χ3n) is 2.49. The maximum Gasteiger partial charge on any atom is 0.483 e. The van der Waals surface area contributed by atoms with Crippen LogP contribution in [0.1, 0.15) is 0 Å². The minimum absolute atomic E-state index is 1.11. The Morgan fingerprint density at radius 3 is 0.963 bits per heavy atom. The summed E-state index contributed by atoms with van der Waals surface area (Å²) in [5.41, 5.74) is 0. The van der Waals surface area contributed by atoms with Gasteiger partial charge in [0.2, 0.25) is 0 Å². The second kappa shape index (κ2) is 6.28. The summed E-state index contributed by atoms with van der Waals surface area (Å²) in [4.78, 5) is 0. The predicted octanol–water partition coefficient (Wildman–Crippen LogP) is 6.12. The molecule has 0 N–H and O–H groups in total. The van der Waals surface area contributed by atoms with E-state index >= 15 is 0 Å². The fourth-order valence-electron chi connectivity index (χ4n) is 1.04. The Morgan fingerprint density at radius 1 is 0.407 bits per heavy atom. The summed E-state index contributed by atoms with van der Waals surface area (Å²) in [7, 11) is 0. The molecule has 0 aromatic heterocycles. The summed E-state index contributed by atoms with van der Waals surface area (Å²) >= 11 is 3.32. The van der Waals surface area contributed by atoms with Crippen LogP contribution in [0.15, 0.2) is 0 Å². The molecule has 0 heterocycles. The van der Waals surface area contributed by atoms with Crippen LogP contribution in [0.3, 0.4) is 0 Å². The summed E-state index contributed by atoms with van der Waals surface area (Å²) in [6.45, 7) is 0. The lowest BCUT2D eigenvalue weighted by Crippen LogP contribution is -2.71.